The predicted octanol–water partition coefficient (Wildman–Crippen LogP) is 2.77. The molecule has 3 rings (SSSR count). The van der Waals surface area contributed by atoms with E-state index in [2.05, 4.69) is 15.6 Å². The van der Waals surface area contributed by atoms with Gasteiger partial charge in [-0.2, -0.15) is 0 Å². The van der Waals surface area contributed by atoms with Gasteiger partial charge in [-0.15, -0.1) is 11.3 Å². The van der Waals surface area contributed by atoms with E-state index in [1.807, 2.05) is 54.6 Å². The molecule has 0 unspecified atom stereocenters. The van der Waals surface area contributed by atoms with E-state index in [-0.39, 0.29) is 12.3 Å². The highest BCUT2D eigenvalue weighted by molar-refractivity contribution is 7.13. The van der Waals surface area contributed by atoms with E-state index >= 15 is 0 Å². The van der Waals surface area contributed by atoms with E-state index in [4.69, 9.17) is 5.73 Å². The molecule has 0 fully saturated rings. The van der Waals surface area contributed by atoms with Crippen LogP contribution in [0.4, 0.5) is 10.8 Å². The molecule has 1 heterocycles. The summed E-state index contributed by atoms with van der Waals surface area (Å²) in [5.41, 5.74) is 9.01. The number of thiazole rings is 1. The molecule has 7 heteroatoms. The van der Waals surface area contributed by atoms with Crippen LogP contribution in [0, 0.1) is 0 Å². The van der Waals surface area contributed by atoms with Crippen LogP contribution in [0.2, 0.25) is 0 Å². The fourth-order valence-electron chi connectivity index (χ4n) is 2.88. The minimum Gasteiger partial charge on any atom is -0.387 e. The van der Waals surface area contributed by atoms with Crippen molar-refractivity contribution in [2.45, 2.75) is 18.9 Å². The smallest absolute Gasteiger partial charge is 0.230 e. The zero-order valence-corrected chi connectivity index (χ0v) is 16.3. The molecular formula is C21H24N4O2S. The number of hydrogen-bond donors (Lipinski definition) is 4. The predicted molar refractivity (Wildman–Crippen MR) is 113 cm³/mol. The molecule has 3 aromatic rings. The summed E-state index contributed by atoms with van der Waals surface area (Å²) in [4.78, 5) is 16.4. The van der Waals surface area contributed by atoms with Crippen molar-refractivity contribution in [3.05, 3.63) is 76.8 Å². The maximum atomic E-state index is 12.3. The fraction of sp³-hybridized carbons (Fsp3) is 0.238. The average Bonchev–Trinajstić information content (AvgIpc) is 3.11. The molecule has 28 heavy (non-hydrogen) atoms. The zero-order valence-electron chi connectivity index (χ0n) is 15.5. The third-order valence-electron chi connectivity index (χ3n) is 4.30. The Balaban J connectivity index is 1.49. The topological polar surface area (TPSA) is 100 Å². The highest BCUT2D eigenvalue weighted by Gasteiger charge is 2.10. The van der Waals surface area contributed by atoms with Crippen LogP contribution in [-0.2, 0) is 17.6 Å². The third kappa shape index (κ3) is 5.88. The van der Waals surface area contributed by atoms with E-state index in [9.17, 15) is 9.90 Å². The largest absolute Gasteiger partial charge is 0.387 e. The van der Waals surface area contributed by atoms with Crippen molar-refractivity contribution in [2.24, 2.45) is 0 Å². The number of para-hydroxylation sites is 1. The van der Waals surface area contributed by atoms with Crippen molar-refractivity contribution >= 4 is 28.1 Å². The number of aliphatic hydroxyl groups is 1. The molecule has 0 aliphatic rings. The number of anilines is 2. The molecule has 0 saturated heterocycles. The first-order valence-corrected chi connectivity index (χ1v) is 10.0. The molecule has 0 aliphatic heterocycles. The number of rotatable bonds is 9. The third-order valence-corrected chi connectivity index (χ3v) is 5.02. The molecule has 0 aliphatic carbocycles. The van der Waals surface area contributed by atoms with Crippen LogP contribution < -0.4 is 16.4 Å². The molecule has 0 bridgehead atoms. The van der Waals surface area contributed by atoms with Gasteiger partial charge in [0.15, 0.2) is 5.13 Å². The van der Waals surface area contributed by atoms with Gasteiger partial charge in [-0.1, -0.05) is 48.5 Å². The van der Waals surface area contributed by atoms with Gasteiger partial charge in [0.1, 0.15) is 0 Å². The lowest BCUT2D eigenvalue weighted by molar-refractivity contribution is -0.115. The number of benzene rings is 2. The van der Waals surface area contributed by atoms with E-state index in [1.54, 1.807) is 5.38 Å². The molecule has 2 aromatic carbocycles. The number of aromatic nitrogens is 1. The Bertz CT molecular complexity index is 898. The SMILES string of the molecule is Nc1nc(CC(=O)Nc2ccccc2CCNC[C@H](O)c2ccccc2)cs1. The highest BCUT2D eigenvalue weighted by Crippen LogP contribution is 2.17. The molecule has 1 atom stereocenters. The minimum atomic E-state index is -0.540. The summed E-state index contributed by atoms with van der Waals surface area (Å²) in [7, 11) is 0. The second-order valence-corrected chi connectivity index (χ2v) is 7.33. The molecule has 146 valence electrons. The number of carbonyl (C=O) groups excluding carboxylic acids is 1. The minimum absolute atomic E-state index is 0.120. The van der Waals surface area contributed by atoms with Crippen molar-refractivity contribution in [1.29, 1.82) is 0 Å². The summed E-state index contributed by atoms with van der Waals surface area (Å²) < 4.78 is 0. The number of hydrogen-bond acceptors (Lipinski definition) is 6. The lowest BCUT2D eigenvalue weighted by atomic mass is 10.1. The molecular weight excluding hydrogens is 372 g/mol. The van der Waals surface area contributed by atoms with E-state index in [0.29, 0.717) is 23.9 Å². The van der Waals surface area contributed by atoms with Gasteiger partial charge in [0.2, 0.25) is 5.91 Å². The molecule has 1 aromatic heterocycles. The lowest BCUT2D eigenvalue weighted by Gasteiger charge is -2.14. The Morgan fingerprint density at radius 1 is 1.14 bits per heavy atom. The standard InChI is InChI=1S/C21H24N4O2S/c22-21-24-17(14-28-21)12-20(27)25-18-9-5-4-6-15(18)10-11-23-13-19(26)16-7-2-1-3-8-16/h1-9,14,19,23,26H,10-13H2,(H2,22,24)(H,25,27)/t19-/m0/s1. The van der Waals surface area contributed by atoms with Gasteiger partial charge >= 0.3 is 0 Å². The lowest BCUT2D eigenvalue weighted by Crippen LogP contribution is -2.24. The first-order chi connectivity index (χ1) is 13.6. The van der Waals surface area contributed by atoms with Gasteiger partial charge in [0.05, 0.1) is 18.2 Å². The Morgan fingerprint density at radius 2 is 1.89 bits per heavy atom. The number of amides is 1. The maximum Gasteiger partial charge on any atom is 0.230 e. The fourth-order valence-corrected chi connectivity index (χ4v) is 3.44. The van der Waals surface area contributed by atoms with Crippen molar-refractivity contribution < 1.29 is 9.90 Å². The monoisotopic (exact) mass is 396 g/mol. The van der Waals surface area contributed by atoms with E-state index < -0.39 is 6.10 Å². The summed E-state index contributed by atoms with van der Waals surface area (Å²) >= 11 is 1.33. The summed E-state index contributed by atoms with van der Waals surface area (Å²) in [5.74, 6) is -0.120. The molecule has 6 nitrogen and oxygen atoms in total. The Labute approximate surface area is 168 Å². The van der Waals surface area contributed by atoms with Crippen LogP contribution in [0.3, 0.4) is 0 Å². The van der Waals surface area contributed by atoms with Gasteiger partial charge in [0.25, 0.3) is 0 Å². The highest BCUT2D eigenvalue weighted by atomic mass is 32.1. The summed E-state index contributed by atoms with van der Waals surface area (Å²) in [5, 5.41) is 18.7. The van der Waals surface area contributed by atoms with Crippen molar-refractivity contribution in [2.75, 3.05) is 24.1 Å². The van der Waals surface area contributed by atoms with Gasteiger partial charge in [-0.25, -0.2) is 4.98 Å². The first kappa shape index (κ1) is 20.0. The molecule has 0 radical (unpaired) electrons. The van der Waals surface area contributed by atoms with Gasteiger partial charge in [-0.3, -0.25) is 4.79 Å². The second-order valence-electron chi connectivity index (χ2n) is 6.44. The van der Waals surface area contributed by atoms with Crippen molar-refractivity contribution in [1.82, 2.24) is 10.3 Å². The number of nitrogen functional groups attached to an aromatic ring is 1. The number of nitrogens with zero attached hydrogens (tertiary/aromatic N) is 1. The van der Waals surface area contributed by atoms with Gasteiger partial charge in [-0.05, 0) is 30.2 Å². The van der Waals surface area contributed by atoms with Crippen LogP contribution in [0.1, 0.15) is 22.9 Å². The van der Waals surface area contributed by atoms with Crippen LogP contribution in [0.15, 0.2) is 60.0 Å². The van der Waals surface area contributed by atoms with Gasteiger partial charge in [0, 0.05) is 17.6 Å². The number of nitrogens with two attached hydrogens (primary N) is 1. The molecule has 0 saturated carbocycles. The summed E-state index contributed by atoms with van der Waals surface area (Å²) in [6, 6.07) is 17.3. The molecule has 0 spiro atoms. The first-order valence-electron chi connectivity index (χ1n) is 9.13. The number of nitrogens with one attached hydrogen (secondary N) is 2. The van der Waals surface area contributed by atoms with Crippen molar-refractivity contribution in [3.63, 3.8) is 0 Å². The van der Waals surface area contributed by atoms with E-state index in [1.165, 1.54) is 11.3 Å². The second kappa shape index (κ2) is 9.98. The van der Waals surface area contributed by atoms with Crippen LogP contribution in [0.5, 0.6) is 0 Å². The van der Waals surface area contributed by atoms with Crippen molar-refractivity contribution in [3.8, 4) is 0 Å². The molecule has 5 N–H and O–H groups in total. The van der Waals surface area contributed by atoms with E-state index in [0.717, 1.165) is 23.2 Å². The number of carbonyl (C=O) groups is 1. The normalized spacial score (nSPS) is 11.9. The summed E-state index contributed by atoms with van der Waals surface area (Å²) in [6.07, 6.45) is 0.396. The van der Waals surface area contributed by atoms with Crippen LogP contribution in [0.25, 0.3) is 0 Å². The zero-order chi connectivity index (χ0) is 19.8. The summed E-state index contributed by atoms with van der Waals surface area (Å²) in [6.45, 7) is 1.17. The Kier molecular flexibility index (Phi) is 7.13. The van der Waals surface area contributed by atoms with Crippen LogP contribution in [-0.4, -0.2) is 29.1 Å². The molecule has 1 amide bonds. The van der Waals surface area contributed by atoms with Gasteiger partial charge < -0.3 is 21.5 Å². The maximum absolute atomic E-state index is 12.3. The van der Waals surface area contributed by atoms with Crippen LogP contribution >= 0.6 is 11.3 Å². The Hall–Kier alpha value is -2.74. The number of aliphatic hydroxyl groups excluding tert-OH is 1. The quantitative estimate of drug-likeness (QED) is 0.417. The Morgan fingerprint density at radius 3 is 2.64 bits per heavy atom. The average molecular weight is 397 g/mol.